The highest BCUT2D eigenvalue weighted by Crippen LogP contribution is 2.25. The standard InChI is InChI=1S/C13H21NO2/c1-4-12(14)11-7-5-6-8-13(11)16-9-10(2)15-3/h5-8,10,12H,4,9,14H2,1-3H3/t10?,12-/m0/s1. The first-order chi connectivity index (χ1) is 7.69. The topological polar surface area (TPSA) is 44.5 Å². The third-order valence-electron chi connectivity index (χ3n) is 2.63. The number of benzene rings is 1. The average Bonchev–Trinajstić information content (AvgIpc) is 2.35. The molecule has 2 N–H and O–H groups in total. The van der Waals surface area contributed by atoms with E-state index in [2.05, 4.69) is 6.92 Å². The SMILES string of the molecule is CC[C@H](N)c1ccccc1OCC(C)OC. The molecule has 0 bridgehead atoms. The van der Waals surface area contributed by atoms with E-state index >= 15 is 0 Å². The van der Waals surface area contributed by atoms with Gasteiger partial charge in [0.2, 0.25) is 0 Å². The van der Waals surface area contributed by atoms with E-state index in [0.29, 0.717) is 6.61 Å². The van der Waals surface area contributed by atoms with Gasteiger partial charge in [0, 0.05) is 18.7 Å². The molecule has 90 valence electrons. The van der Waals surface area contributed by atoms with Crippen molar-refractivity contribution < 1.29 is 9.47 Å². The number of ether oxygens (including phenoxy) is 2. The van der Waals surface area contributed by atoms with Crippen LogP contribution in [0.4, 0.5) is 0 Å². The van der Waals surface area contributed by atoms with Crippen LogP contribution in [0.3, 0.4) is 0 Å². The smallest absolute Gasteiger partial charge is 0.124 e. The molecule has 2 atom stereocenters. The van der Waals surface area contributed by atoms with E-state index in [9.17, 15) is 0 Å². The van der Waals surface area contributed by atoms with E-state index in [0.717, 1.165) is 17.7 Å². The highest BCUT2D eigenvalue weighted by atomic mass is 16.5. The summed E-state index contributed by atoms with van der Waals surface area (Å²) in [5, 5.41) is 0. The lowest BCUT2D eigenvalue weighted by Gasteiger charge is -2.17. The Kier molecular flexibility index (Phi) is 5.29. The Bertz CT molecular complexity index is 315. The van der Waals surface area contributed by atoms with Crippen LogP contribution in [-0.4, -0.2) is 19.8 Å². The lowest BCUT2D eigenvalue weighted by Crippen LogP contribution is -2.18. The molecule has 16 heavy (non-hydrogen) atoms. The van der Waals surface area contributed by atoms with Crippen molar-refractivity contribution in [2.24, 2.45) is 5.73 Å². The van der Waals surface area contributed by atoms with Gasteiger partial charge in [-0.15, -0.1) is 0 Å². The molecular weight excluding hydrogens is 202 g/mol. The molecule has 1 aromatic carbocycles. The second-order valence-electron chi connectivity index (χ2n) is 3.91. The normalized spacial score (nSPS) is 14.5. The molecule has 0 aliphatic heterocycles. The van der Waals surface area contributed by atoms with Crippen molar-refractivity contribution in [1.29, 1.82) is 0 Å². The van der Waals surface area contributed by atoms with Crippen LogP contribution in [0.1, 0.15) is 31.9 Å². The van der Waals surface area contributed by atoms with Gasteiger partial charge in [-0.1, -0.05) is 25.1 Å². The summed E-state index contributed by atoms with van der Waals surface area (Å²) in [4.78, 5) is 0. The molecule has 1 aromatic rings. The summed E-state index contributed by atoms with van der Waals surface area (Å²) in [6, 6.07) is 7.94. The first-order valence-corrected chi connectivity index (χ1v) is 5.69. The summed E-state index contributed by atoms with van der Waals surface area (Å²) < 4.78 is 10.9. The minimum absolute atomic E-state index is 0.0362. The van der Waals surface area contributed by atoms with Gasteiger partial charge >= 0.3 is 0 Å². The number of rotatable bonds is 6. The first kappa shape index (κ1) is 13.0. The highest BCUT2D eigenvalue weighted by Gasteiger charge is 2.10. The van der Waals surface area contributed by atoms with Gasteiger partial charge in [-0.25, -0.2) is 0 Å². The van der Waals surface area contributed by atoms with Gasteiger partial charge in [-0.3, -0.25) is 0 Å². The average molecular weight is 223 g/mol. The quantitative estimate of drug-likeness (QED) is 0.806. The Morgan fingerprint density at radius 2 is 2.00 bits per heavy atom. The van der Waals surface area contributed by atoms with Gasteiger partial charge in [0.15, 0.2) is 0 Å². The van der Waals surface area contributed by atoms with Gasteiger partial charge in [-0.05, 0) is 19.4 Å². The predicted molar refractivity (Wildman–Crippen MR) is 65.6 cm³/mol. The maximum Gasteiger partial charge on any atom is 0.124 e. The number of para-hydroxylation sites is 1. The van der Waals surface area contributed by atoms with E-state index in [1.54, 1.807) is 7.11 Å². The molecule has 0 heterocycles. The van der Waals surface area contributed by atoms with Crippen molar-refractivity contribution in [1.82, 2.24) is 0 Å². The Hall–Kier alpha value is -1.06. The fraction of sp³-hybridized carbons (Fsp3) is 0.538. The molecule has 0 aromatic heterocycles. The summed E-state index contributed by atoms with van der Waals surface area (Å²) in [5.74, 6) is 0.862. The van der Waals surface area contributed by atoms with Gasteiger partial charge in [0.25, 0.3) is 0 Å². The molecule has 0 spiro atoms. The largest absolute Gasteiger partial charge is 0.491 e. The second-order valence-corrected chi connectivity index (χ2v) is 3.91. The molecule has 0 radical (unpaired) electrons. The third kappa shape index (κ3) is 3.51. The molecule has 0 saturated carbocycles. The molecule has 0 fully saturated rings. The number of hydrogen-bond acceptors (Lipinski definition) is 3. The molecule has 3 nitrogen and oxygen atoms in total. The third-order valence-corrected chi connectivity index (χ3v) is 2.63. The predicted octanol–water partition coefficient (Wildman–Crippen LogP) is 2.51. The van der Waals surface area contributed by atoms with Crippen molar-refractivity contribution in [3.63, 3.8) is 0 Å². The molecule has 1 unspecified atom stereocenters. The van der Waals surface area contributed by atoms with E-state index in [-0.39, 0.29) is 12.1 Å². The van der Waals surface area contributed by atoms with Crippen LogP contribution in [0.15, 0.2) is 24.3 Å². The van der Waals surface area contributed by atoms with E-state index < -0.39 is 0 Å². The maximum absolute atomic E-state index is 6.02. The first-order valence-electron chi connectivity index (χ1n) is 5.69. The fourth-order valence-electron chi connectivity index (χ4n) is 1.41. The second kappa shape index (κ2) is 6.51. The van der Waals surface area contributed by atoms with Gasteiger partial charge in [0.1, 0.15) is 12.4 Å². The highest BCUT2D eigenvalue weighted by molar-refractivity contribution is 5.35. The Labute approximate surface area is 97.6 Å². The summed E-state index contributed by atoms with van der Waals surface area (Å²) >= 11 is 0. The molecule has 0 amide bonds. The molecule has 3 heteroatoms. The number of methoxy groups -OCH3 is 1. The van der Waals surface area contributed by atoms with E-state index in [1.807, 2.05) is 31.2 Å². The van der Waals surface area contributed by atoms with Crippen molar-refractivity contribution in [3.8, 4) is 5.75 Å². The zero-order valence-electron chi connectivity index (χ0n) is 10.3. The molecule has 1 rings (SSSR count). The Balaban J connectivity index is 2.71. The lowest BCUT2D eigenvalue weighted by atomic mass is 10.0. The van der Waals surface area contributed by atoms with E-state index in [1.165, 1.54) is 0 Å². The zero-order valence-corrected chi connectivity index (χ0v) is 10.3. The molecule has 0 saturated heterocycles. The van der Waals surface area contributed by atoms with Crippen LogP contribution < -0.4 is 10.5 Å². The van der Waals surface area contributed by atoms with Crippen molar-refractivity contribution in [3.05, 3.63) is 29.8 Å². The zero-order chi connectivity index (χ0) is 12.0. The van der Waals surface area contributed by atoms with Gasteiger partial charge in [-0.2, -0.15) is 0 Å². The number of hydrogen-bond donors (Lipinski definition) is 1. The van der Waals surface area contributed by atoms with E-state index in [4.69, 9.17) is 15.2 Å². The molecular formula is C13H21NO2. The summed E-state index contributed by atoms with van der Waals surface area (Å²) in [6.45, 7) is 4.59. The minimum atomic E-state index is 0.0362. The van der Waals surface area contributed by atoms with Crippen LogP contribution in [0.25, 0.3) is 0 Å². The van der Waals surface area contributed by atoms with Crippen LogP contribution >= 0.6 is 0 Å². The maximum atomic E-state index is 6.02. The van der Waals surface area contributed by atoms with Crippen molar-refractivity contribution >= 4 is 0 Å². The monoisotopic (exact) mass is 223 g/mol. The molecule has 0 aliphatic carbocycles. The van der Waals surface area contributed by atoms with Crippen LogP contribution in [0, 0.1) is 0 Å². The summed E-state index contributed by atoms with van der Waals surface area (Å²) in [5.41, 5.74) is 7.09. The van der Waals surface area contributed by atoms with Gasteiger partial charge < -0.3 is 15.2 Å². The minimum Gasteiger partial charge on any atom is -0.491 e. The summed E-state index contributed by atoms with van der Waals surface area (Å²) in [6.07, 6.45) is 0.992. The Morgan fingerprint density at radius 3 is 2.62 bits per heavy atom. The van der Waals surface area contributed by atoms with Gasteiger partial charge in [0.05, 0.1) is 6.10 Å². The van der Waals surface area contributed by atoms with Crippen molar-refractivity contribution in [2.45, 2.75) is 32.4 Å². The van der Waals surface area contributed by atoms with Crippen molar-refractivity contribution in [2.75, 3.05) is 13.7 Å². The Morgan fingerprint density at radius 1 is 1.31 bits per heavy atom. The lowest BCUT2D eigenvalue weighted by molar-refractivity contribution is 0.0711. The van der Waals surface area contributed by atoms with Crippen LogP contribution in [-0.2, 0) is 4.74 Å². The fourth-order valence-corrected chi connectivity index (χ4v) is 1.41. The van der Waals surface area contributed by atoms with Crippen LogP contribution in [0.5, 0.6) is 5.75 Å². The number of nitrogens with two attached hydrogens (primary N) is 1. The summed E-state index contributed by atoms with van der Waals surface area (Å²) in [7, 11) is 1.68. The van der Waals surface area contributed by atoms with Crippen LogP contribution in [0.2, 0.25) is 0 Å². The molecule has 0 aliphatic rings.